The molecule has 0 amide bonds. The van der Waals surface area contributed by atoms with Gasteiger partial charge in [-0.3, -0.25) is 0 Å². The van der Waals surface area contributed by atoms with Crippen molar-refractivity contribution in [3.05, 3.63) is 0 Å². The van der Waals surface area contributed by atoms with Crippen LogP contribution in [-0.4, -0.2) is 6.54 Å². The fourth-order valence-corrected chi connectivity index (χ4v) is 2.18. The first-order chi connectivity index (χ1) is 7.51. The molecule has 16 heavy (non-hydrogen) atoms. The molecule has 0 rings (SSSR count). The standard InChI is InChI=1S/C15H33N/c1-6-13(4)11-15(9-10-16)8-7-14(5)12(2)3/h12-15H,6-11,16H2,1-5H3. The van der Waals surface area contributed by atoms with Crippen LogP contribution in [0.25, 0.3) is 0 Å². The molecule has 0 aliphatic rings. The third-order valence-electron chi connectivity index (χ3n) is 4.18. The van der Waals surface area contributed by atoms with Gasteiger partial charge >= 0.3 is 0 Å². The third-order valence-corrected chi connectivity index (χ3v) is 4.18. The SMILES string of the molecule is CCC(C)CC(CCN)CCC(C)C(C)C. The molecule has 1 heteroatoms. The monoisotopic (exact) mass is 227 g/mol. The van der Waals surface area contributed by atoms with Crippen molar-refractivity contribution in [2.75, 3.05) is 6.54 Å². The van der Waals surface area contributed by atoms with Gasteiger partial charge in [-0.05, 0) is 43.1 Å². The van der Waals surface area contributed by atoms with Crippen molar-refractivity contribution in [3.8, 4) is 0 Å². The average Bonchev–Trinajstić information content (AvgIpc) is 2.25. The minimum absolute atomic E-state index is 0.821. The van der Waals surface area contributed by atoms with Gasteiger partial charge in [-0.25, -0.2) is 0 Å². The molecular weight excluding hydrogens is 194 g/mol. The maximum Gasteiger partial charge on any atom is -0.00746 e. The maximum atomic E-state index is 5.71. The first kappa shape index (κ1) is 16.0. The van der Waals surface area contributed by atoms with Crippen LogP contribution in [0.15, 0.2) is 0 Å². The van der Waals surface area contributed by atoms with Gasteiger partial charge in [0.25, 0.3) is 0 Å². The third kappa shape index (κ3) is 7.27. The minimum atomic E-state index is 0.821. The fraction of sp³-hybridized carbons (Fsp3) is 1.00. The van der Waals surface area contributed by atoms with Crippen LogP contribution >= 0.6 is 0 Å². The first-order valence-corrected chi connectivity index (χ1v) is 7.21. The molecule has 98 valence electrons. The molecule has 1 nitrogen and oxygen atoms in total. The second kappa shape index (κ2) is 9.04. The van der Waals surface area contributed by atoms with E-state index in [9.17, 15) is 0 Å². The van der Waals surface area contributed by atoms with E-state index >= 15 is 0 Å². The molecule has 0 bridgehead atoms. The molecule has 3 unspecified atom stereocenters. The molecule has 3 atom stereocenters. The van der Waals surface area contributed by atoms with Crippen molar-refractivity contribution in [2.45, 2.75) is 66.7 Å². The molecule has 0 heterocycles. The Labute approximate surface area is 103 Å². The molecule has 0 radical (unpaired) electrons. The summed E-state index contributed by atoms with van der Waals surface area (Å²) in [6.45, 7) is 12.6. The van der Waals surface area contributed by atoms with Gasteiger partial charge in [-0.1, -0.05) is 53.9 Å². The van der Waals surface area contributed by atoms with Crippen LogP contribution in [0.5, 0.6) is 0 Å². The first-order valence-electron chi connectivity index (χ1n) is 7.21. The highest BCUT2D eigenvalue weighted by molar-refractivity contribution is 4.67. The lowest BCUT2D eigenvalue weighted by Crippen LogP contribution is -2.14. The Morgan fingerprint density at radius 1 is 0.938 bits per heavy atom. The molecule has 0 saturated carbocycles. The van der Waals surface area contributed by atoms with E-state index in [1.807, 2.05) is 0 Å². The Hall–Kier alpha value is -0.0400. The van der Waals surface area contributed by atoms with Crippen molar-refractivity contribution >= 4 is 0 Å². The number of hydrogen-bond acceptors (Lipinski definition) is 1. The van der Waals surface area contributed by atoms with Crippen LogP contribution in [0.1, 0.15) is 66.7 Å². The van der Waals surface area contributed by atoms with Crippen molar-refractivity contribution in [1.29, 1.82) is 0 Å². The van der Waals surface area contributed by atoms with E-state index in [2.05, 4.69) is 34.6 Å². The smallest absolute Gasteiger partial charge is 0.00746 e. The zero-order valence-corrected chi connectivity index (χ0v) is 12.1. The molecule has 0 fully saturated rings. The zero-order valence-electron chi connectivity index (χ0n) is 12.1. The predicted molar refractivity (Wildman–Crippen MR) is 74.5 cm³/mol. The largest absolute Gasteiger partial charge is 0.330 e. The molecule has 0 aliphatic heterocycles. The van der Waals surface area contributed by atoms with E-state index < -0.39 is 0 Å². The summed E-state index contributed by atoms with van der Waals surface area (Å²) in [4.78, 5) is 0. The highest BCUT2D eigenvalue weighted by Gasteiger charge is 2.14. The van der Waals surface area contributed by atoms with Gasteiger partial charge in [0.1, 0.15) is 0 Å². The summed E-state index contributed by atoms with van der Waals surface area (Å²) in [5, 5.41) is 0. The highest BCUT2D eigenvalue weighted by atomic mass is 14.5. The molecule has 2 N–H and O–H groups in total. The van der Waals surface area contributed by atoms with Gasteiger partial charge in [0, 0.05) is 0 Å². The van der Waals surface area contributed by atoms with Gasteiger partial charge < -0.3 is 5.73 Å². The lowest BCUT2D eigenvalue weighted by Gasteiger charge is -2.23. The van der Waals surface area contributed by atoms with Crippen LogP contribution in [0.2, 0.25) is 0 Å². The summed E-state index contributed by atoms with van der Waals surface area (Å²) in [7, 11) is 0. The highest BCUT2D eigenvalue weighted by Crippen LogP contribution is 2.26. The predicted octanol–water partition coefficient (Wildman–Crippen LogP) is 4.46. The Kier molecular flexibility index (Phi) is 9.02. The van der Waals surface area contributed by atoms with Crippen molar-refractivity contribution in [1.82, 2.24) is 0 Å². The fourth-order valence-electron chi connectivity index (χ4n) is 2.18. The van der Waals surface area contributed by atoms with Crippen molar-refractivity contribution in [2.24, 2.45) is 29.4 Å². The van der Waals surface area contributed by atoms with Crippen LogP contribution in [0, 0.1) is 23.7 Å². The summed E-state index contributed by atoms with van der Waals surface area (Å²) in [5.41, 5.74) is 5.71. The Morgan fingerprint density at radius 2 is 1.56 bits per heavy atom. The second-order valence-corrected chi connectivity index (χ2v) is 5.99. The molecule has 0 aliphatic carbocycles. The van der Waals surface area contributed by atoms with Crippen LogP contribution in [-0.2, 0) is 0 Å². The summed E-state index contributed by atoms with van der Waals surface area (Å²) in [6, 6.07) is 0. The van der Waals surface area contributed by atoms with E-state index in [1.54, 1.807) is 0 Å². The van der Waals surface area contributed by atoms with Crippen molar-refractivity contribution in [3.63, 3.8) is 0 Å². The van der Waals surface area contributed by atoms with Gasteiger partial charge in [0.2, 0.25) is 0 Å². The average molecular weight is 227 g/mol. The number of nitrogens with two attached hydrogens (primary N) is 1. The summed E-state index contributed by atoms with van der Waals surface area (Å²) in [6.07, 6.45) is 6.65. The summed E-state index contributed by atoms with van der Waals surface area (Å²) < 4.78 is 0. The lowest BCUT2D eigenvalue weighted by molar-refractivity contribution is 0.296. The van der Waals surface area contributed by atoms with Crippen LogP contribution in [0.4, 0.5) is 0 Å². The molecular formula is C15H33N. The maximum absolute atomic E-state index is 5.71. The molecule has 0 spiro atoms. The summed E-state index contributed by atoms with van der Waals surface area (Å²) in [5.74, 6) is 3.41. The van der Waals surface area contributed by atoms with E-state index in [0.29, 0.717) is 0 Å². The minimum Gasteiger partial charge on any atom is -0.330 e. The van der Waals surface area contributed by atoms with E-state index in [0.717, 1.165) is 30.2 Å². The van der Waals surface area contributed by atoms with Crippen LogP contribution < -0.4 is 5.73 Å². The van der Waals surface area contributed by atoms with Gasteiger partial charge in [0.15, 0.2) is 0 Å². The van der Waals surface area contributed by atoms with Crippen LogP contribution in [0.3, 0.4) is 0 Å². The topological polar surface area (TPSA) is 26.0 Å². The summed E-state index contributed by atoms with van der Waals surface area (Å²) >= 11 is 0. The normalized spacial score (nSPS) is 17.4. The lowest BCUT2D eigenvalue weighted by atomic mass is 9.84. The zero-order chi connectivity index (χ0) is 12.6. The van der Waals surface area contributed by atoms with E-state index in [1.165, 1.54) is 32.1 Å². The van der Waals surface area contributed by atoms with Crippen molar-refractivity contribution < 1.29 is 0 Å². The molecule has 0 saturated heterocycles. The van der Waals surface area contributed by atoms with Gasteiger partial charge in [-0.2, -0.15) is 0 Å². The molecule has 0 aromatic carbocycles. The Bertz CT molecular complexity index is 154. The Balaban J connectivity index is 3.93. The van der Waals surface area contributed by atoms with E-state index in [4.69, 9.17) is 5.73 Å². The number of rotatable bonds is 9. The molecule has 0 aromatic heterocycles. The van der Waals surface area contributed by atoms with Gasteiger partial charge in [0.05, 0.1) is 0 Å². The quantitative estimate of drug-likeness (QED) is 0.618. The number of hydrogen-bond donors (Lipinski definition) is 1. The van der Waals surface area contributed by atoms with Gasteiger partial charge in [-0.15, -0.1) is 0 Å². The Morgan fingerprint density at radius 3 is 2.00 bits per heavy atom. The molecule has 0 aromatic rings. The second-order valence-electron chi connectivity index (χ2n) is 5.99. The van der Waals surface area contributed by atoms with E-state index in [-0.39, 0.29) is 0 Å².